The molecule has 0 spiro atoms. The maximum Gasteiger partial charge on any atom is 0.148 e. The SMILES string of the molecule is Oc1ccc2ccnc(NN3CCCCC3)c2c1. The molecule has 2 aromatic rings. The first-order chi connectivity index (χ1) is 8.83. The Hall–Kier alpha value is -1.81. The third-order valence-corrected chi connectivity index (χ3v) is 3.37. The van der Waals surface area contributed by atoms with Crippen LogP contribution in [0.3, 0.4) is 0 Å². The van der Waals surface area contributed by atoms with Crippen LogP contribution in [0.15, 0.2) is 30.5 Å². The fraction of sp³-hybridized carbons (Fsp3) is 0.357. The lowest BCUT2D eigenvalue weighted by molar-refractivity contribution is 0.272. The Labute approximate surface area is 106 Å². The van der Waals surface area contributed by atoms with Crippen molar-refractivity contribution in [3.05, 3.63) is 30.5 Å². The molecule has 4 nitrogen and oxygen atoms in total. The fourth-order valence-electron chi connectivity index (χ4n) is 2.40. The number of fused-ring (bicyclic) bond motifs is 1. The molecule has 0 bridgehead atoms. The van der Waals surface area contributed by atoms with Crippen LogP contribution < -0.4 is 5.43 Å². The summed E-state index contributed by atoms with van der Waals surface area (Å²) in [6, 6.07) is 7.32. The number of phenols is 1. The second-order valence-electron chi connectivity index (χ2n) is 4.72. The van der Waals surface area contributed by atoms with Gasteiger partial charge in [0.25, 0.3) is 0 Å². The highest BCUT2D eigenvalue weighted by atomic mass is 16.3. The second kappa shape index (κ2) is 4.82. The number of anilines is 1. The molecule has 1 fully saturated rings. The van der Waals surface area contributed by atoms with Crippen molar-refractivity contribution in [1.82, 2.24) is 9.99 Å². The second-order valence-corrected chi connectivity index (χ2v) is 4.72. The first-order valence-corrected chi connectivity index (χ1v) is 6.42. The van der Waals surface area contributed by atoms with E-state index in [0.717, 1.165) is 29.7 Å². The molecular weight excluding hydrogens is 226 g/mol. The Balaban J connectivity index is 1.92. The van der Waals surface area contributed by atoms with Gasteiger partial charge in [-0.2, -0.15) is 0 Å². The number of pyridine rings is 1. The van der Waals surface area contributed by atoms with Gasteiger partial charge in [-0.3, -0.25) is 0 Å². The molecule has 0 amide bonds. The lowest BCUT2D eigenvalue weighted by atomic mass is 10.1. The average molecular weight is 243 g/mol. The van der Waals surface area contributed by atoms with Gasteiger partial charge in [-0.05, 0) is 36.4 Å². The molecule has 1 aliphatic heterocycles. The number of hydrogen-bond donors (Lipinski definition) is 2. The Bertz CT molecular complexity index is 550. The van der Waals surface area contributed by atoms with Crippen LogP contribution in [0.25, 0.3) is 10.8 Å². The van der Waals surface area contributed by atoms with E-state index in [0.29, 0.717) is 0 Å². The Kier molecular flexibility index (Phi) is 3.02. The first kappa shape index (κ1) is 11.3. The monoisotopic (exact) mass is 243 g/mol. The zero-order valence-electron chi connectivity index (χ0n) is 10.3. The van der Waals surface area contributed by atoms with Crippen molar-refractivity contribution >= 4 is 16.6 Å². The number of nitrogens with one attached hydrogen (secondary N) is 1. The van der Waals surface area contributed by atoms with E-state index in [1.54, 1.807) is 18.3 Å². The van der Waals surface area contributed by atoms with E-state index in [1.807, 2.05) is 12.1 Å². The van der Waals surface area contributed by atoms with E-state index in [-0.39, 0.29) is 5.75 Å². The highest BCUT2D eigenvalue weighted by molar-refractivity contribution is 5.92. The minimum absolute atomic E-state index is 0.275. The number of nitrogens with zero attached hydrogens (tertiary/aromatic N) is 2. The third kappa shape index (κ3) is 2.24. The van der Waals surface area contributed by atoms with Crippen LogP contribution in [0.4, 0.5) is 5.82 Å². The molecule has 0 saturated carbocycles. The number of piperidine rings is 1. The van der Waals surface area contributed by atoms with Crippen LogP contribution in [0, 0.1) is 0 Å². The molecule has 1 aromatic carbocycles. The topological polar surface area (TPSA) is 48.4 Å². The zero-order chi connectivity index (χ0) is 12.4. The van der Waals surface area contributed by atoms with Crippen LogP contribution in [0.2, 0.25) is 0 Å². The van der Waals surface area contributed by atoms with Gasteiger partial charge in [0.2, 0.25) is 0 Å². The minimum Gasteiger partial charge on any atom is -0.508 e. The van der Waals surface area contributed by atoms with Gasteiger partial charge in [0.15, 0.2) is 0 Å². The van der Waals surface area contributed by atoms with E-state index >= 15 is 0 Å². The van der Waals surface area contributed by atoms with Crippen molar-refractivity contribution < 1.29 is 5.11 Å². The van der Waals surface area contributed by atoms with Crippen LogP contribution in [0.1, 0.15) is 19.3 Å². The molecule has 2 N–H and O–H groups in total. The molecule has 0 radical (unpaired) electrons. The van der Waals surface area contributed by atoms with Gasteiger partial charge in [-0.1, -0.05) is 12.5 Å². The average Bonchev–Trinajstić information content (AvgIpc) is 2.41. The summed E-state index contributed by atoms with van der Waals surface area (Å²) in [7, 11) is 0. The van der Waals surface area contributed by atoms with Gasteiger partial charge in [0.1, 0.15) is 11.6 Å². The van der Waals surface area contributed by atoms with Crippen molar-refractivity contribution in [2.45, 2.75) is 19.3 Å². The van der Waals surface area contributed by atoms with Gasteiger partial charge in [0, 0.05) is 24.7 Å². The maximum absolute atomic E-state index is 9.59. The Morgan fingerprint density at radius 3 is 2.78 bits per heavy atom. The largest absolute Gasteiger partial charge is 0.508 e. The summed E-state index contributed by atoms with van der Waals surface area (Å²) in [4.78, 5) is 4.38. The Morgan fingerprint density at radius 1 is 1.11 bits per heavy atom. The number of hydrazine groups is 1. The van der Waals surface area contributed by atoms with Crippen LogP contribution in [-0.2, 0) is 0 Å². The van der Waals surface area contributed by atoms with E-state index < -0.39 is 0 Å². The molecule has 94 valence electrons. The quantitative estimate of drug-likeness (QED) is 0.851. The number of rotatable bonds is 2. The van der Waals surface area contributed by atoms with Crippen molar-refractivity contribution in [2.24, 2.45) is 0 Å². The summed E-state index contributed by atoms with van der Waals surface area (Å²) < 4.78 is 0. The summed E-state index contributed by atoms with van der Waals surface area (Å²) in [5, 5.41) is 13.8. The van der Waals surface area contributed by atoms with Crippen molar-refractivity contribution in [1.29, 1.82) is 0 Å². The summed E-state index contributed by atoms with van der Waals surface area (Å²) in [5.74, 6) is 1.10. The van der Waals surface area contributed by atoms with Crippen LogP contribution >= 0.6 is 0 Å². The molecule has 4 heteroatoms. The molecule has 0 atom stereocenters. The molecule has 1 saturated heterocycles. The standard InChI is InChI=1S/C14H17N3O/c18-12-5-4-11-6-7-15-14(13(11)10-12)16-17-8-2-1-3-9-17/h4-7,10,18H,1-3,8-9H2,(H,15,16). The lowest BCUT2D eigenvalue weighted by Crippen LogP contribution is -2.35. The van der Waals surface area contributed by atoms with Gasteiger partial charge in [0.05, 0.1) is 0 Å². The molecule has 1 aliphatic rings. The smallest absolute Gasteiger partial charge is 0.148 e. The summed E-state index contributed by atoms with van der Waals surface area (Å²) in [6.07, 6.45) is 5.56. The van der Waals surface area contributed by atoms with Crippen molar-refractivity contribution in [2.75, 3.05) is 18.5 Å². The lowest BCUT2D eigenvalue weighted by Gasteiger charge is -2.27. The fourth-order valence-corrected chi connectivity index (χ4v) is 2.40. The number of hydrogen-bond acceptors (Lipinski definition) is 4. The van der Waals surface area contributed by atoms with E-state index in [9.17, 15) is 5.11 Å². The molecule has 0 aliphatic carbocycles. The van der Waals surface area contributed by atoms with Gasteiger partial charge in [-0.15, -0.1) is 0 Å². The number of aromatic nitrogens is 1. The number of aromatic hydroxyl groups is 1. The van der Waals surface area contributed by atoms with E-state index in [4.69, 9.17) is 0 Å². The van der Waals surface area contributed by atoms with E-state index in [2.05, 4.69) is 15.4 Å². The maximum atomic E-state index is 9.59. The highest BCUT2D eigenvalue weighted by Crippen LogP contribution is 2.25. The normalized spacial score (nSPS) is 16.9. The van der Waals surface area contributed by atoms with Gasteiger partial charge in [-0.25, -0.2) is 9.99 Å². The molecule has 0 unspecified atom stereocenters. The molecule has 2 heterocycles. The first-order valence-electron chi connectivity index (χ1n) is 6.42. The number of benzene rings is 1. The molecular formula is C14H17N3O. The molecule has 18 heavy (non-hydrogen) atoms. The van der Waals surface area contributed by atoms with Gasteiger partial charge >= 0.3 is 0 Å². The van der Waals surface area contributed by atoms with E-state index in [1.165, 1.54) is 19.3 Å². The Morgan fingerprint density at radius 2 is 1.94 bits per heavy atom. The van der Waals surface area contributed by atoms with Crippen LogP contribution in [0.5, 0.6) is 5.75 Å². The minimum atomic E-state index is 0.275. The summed E-state index contributed by atoms with van der Waals surface area (Å²) in [5.41, 5.74) is 3.36. The summed E-state index contributed by atoms with van der Waals surface area (Å²) in [6.45, 7) is 2.10. The predicted octanol–water partition coefficient (Wildman–Crippen LogP) is 2.75. The van der Waals surface area contributed by atoms with Crippen molar-refractivity contribution in [3.8, 4) is 5.75 Å². The van der Waals surface area contributed by atoms with Crippen molar-refractivity contribution in [3.63, 3.8) is 0 Å². The van der Waals surface area contributed by atoms with Crippen LogP contribution in [-0.4, -0.2) is 28.2 Å². The third-order valence-electron chi connectivity index (χ3n) is 3.37. The molecule has 1 aromatic heterocycles. The number of phenolic OH excluding ortho intramolecular Hbond substituents is 1. The molecule has 3 rings (SSSR count). The predicted molar refractivity (Wildman–Crippen MR) is 72.5 cm³/mol. The van der Waals surface area contributed by atoms with Gasteiger partial charge < -0.3 is 10.5 Å². The highest BCUT2D eigenvalue weighted by Gasteiger charge is 2.11. The summed E-state index contributed by atoms with van der Waals surface area (Å²) >= 11 is 0. The zero-order valence-corrected chi connectivity index (χ0v) is 10.3.